The number of carbonyl (C=O) groups is 1. The van der Waals surface area contributed by atoms with E-state index in [-0.39, 0.29) is 18.3 Å². The highest BCUT2D eigenvalue weighted by atomic mass is 17.1. The van der Waals surface area contributed by atoms with E-state index in [1.807, 2.05) is 6.92 Å². The van der Waals surface area contributed by atoms with E-state index in [0.29, 0.717) is 22.5 Å². The van der Waals surface area contributed by atoms with Crippen molar-refractivity contribution in [1.82, 2.24) is 4.98 Å². The van der Waals surface area contributed by atoms with Gasteiger partial charge < -0.3 is 10.4 Å². The van der Waals surface area contributed by atoms with Crippen molar-refractivity contribution < 1.29 is 20.0 Å². The molecule has 0 saturated heterocycles. The lowest BCUT2D eigenvalue weighted by atomic mass is 10.1. The molecule has 0 bridgehead atoms. The van der Waals surface area contributed by atoms with Gasteiger partial charge in [-0.05, 0) is 44.2 Å². The van der Waals surface area contributed by atoms with Gasteiger partial charge in [-0.2, -0.15) is 0 Å². The first-order valence-corrected chi connectivity index (χ1v) is 6.35. The summed E-state index contributed by atoms with van der Waals surface area (Å²) in [6.45, 7) is 3.46. The number of nitrogens with one attached hydrogen (secondary N) is 1. The lowest BCUT2D eigenvalue weighted by Crippen LogP contribution is -2.14. The number of hydrogen-bond donors (Lipinski definition) is 3. The number of pyridine rings is 1. The second-order valence-electron chi connectivity index (χ2n) is 4.66. The molecule has 6 nitrogen and oxygen atoms in total. The molecule has 0 unspecified atom stereocenters. The van der Waals surface area contributed by atoms with E-state index in [0.717, 1.165) is 5.69 Å². The van der Waals surface area contributed by atoms with Gasteiger partial charge in [0.25, 0.3) is 5.91 Å². The number of aromatic nitrogens is 1. The number of amides is 1. The Morgan fingerprint density at radius 2 is 2.05 bits per heavy atom. The van der Waals surface area contributed by atoms with Crippen LogP contribution < -0.4 is 5.32 Å². The molecular weight excluding hydrogens is 272 g/mol. The molecule has 0 radical (unpaired) electrons. The third-order valence-electron chi connectivity index (χ3n) is 3.03. The molecule has 0 aliphatic carbocycles. The van der Waals surface area contributed by atoms with Gasteiger partial charge in [-0.25, -0.2) is 4.89 Å². The number of benzene rings is 1. The van der Waals surface area contributed by atoms with Gasteiger partial charge in [-0.15, -0.1) is 0 Å². The summed E-state index contributed by atoms with van der Waals surface area (Å²) in [6, 6.07) is 7.99. The third kappa shape index (κ3) is 3.56. The van der Waals surface area contributed by atoms with Crippen LogP contribution in [0.4, 0.5) is 5.69 Å². The SMILES string of the molecule is Cc1ccc(C(=O)Nc2ccc(O)c(COO)c2)c(C)n1. The fourth-order valence-electron chi connectivity index (χ4n) is 1.97. The van der Waals surface area contributed by atoms with Gasteiger partial charge in [0.1, 0.15) is 12.4 Å². The fourth-order valence-corrected chi connectivity index (χ4v) is 1.97. The number of rotatable bonds is 4. The smallest absolute Gasteiger partial charge is 0.257 e. The molecule has 0 spiro atoms. The summed E-state index contributed by atoms with van der Waals surface area (Å²) >= 11 is 0. The Bertz CT molecular complexity index is 671. The molecule has 0 aliphatic heterocycles. The van der Waals surface area contributed by atoms with Crippen molar-refractivity contribution in [2.45, 2.75) is 20.5 Å². The number of nitrogens with zero attached hydrogens (tertiary/aromatic N) is 1. The highest BCUT2D eigenvalue weighted by Gasteiger charge is 2.11. The molecule has 0 fully saturated rings. The highest BCUT2D eigenvalue weighted by molar-refractivity contribution is 6.05. The van der Waals surface area contributed by atoms with Crippen LogP contribution in [0.15, 0.2) is 30.3 Å². The number of anilines is 1. The first kappa shape index (κ1) is 15.0. The molecule has 1 amide bonds. The first-order chi connectivity index (χ1) is 10.0. The Kier molecular flexibility index (Phi) is 4.52. The lowest BCUT2D eigenvalue weighted by molar-refractivity contribution is -0.253. The summed E-state index contributed by atoms with van der Waals surface area (Å²) in [4.78, 5) is 20.5. The quantitative estimate of drug-likeness (QED) is 0.457. The summed E-state index contributed by atoms with van der Waals surface area (Å²) in [5.74, 6) is -0.309. The van der Waals surface area contributed by atoms with Crippen LogP contribution in [-0.2, 0) is 11.5 Å². The number of aromatic hydroxyl groups is 1. The van der Waals surface area contributed by atoms with E-state index in [1.54, 1.807) is 25.1 Å². The van der Waals surface area contributed by atoms with E-state index in [4.69, 9.17) is 5.26 Å². The van der Waals surface area contributed by atoms with Crippen LogP contribution in [0.25, 0.3) is 0 Å². The van der Waals surface area contributed by atoms with Crippen molar-refractivity contribution in [2.24, 2.45) is 0 Å². The molecule has 0 atom stereocenters. The number of aryl methyl sites for hydroxylation is 2. The van der Waals surface area contributed by atoms with Crippen molar-refractivity contribution in [3.8, 4) is 5.75 Å². The maximum absolute atomic E-state index is 12.2. The Morgan fingerprint density at radius 3 is 2.71 bits per heavy atom. The fraction of sp³-hybridized carbons (Fsp3) is 0.200. The van der Waals surface area contributed by atoms with Crippen LogP contribution in [-0.4, -0.2) is 21.3 Å². The number of phenols is 1. The molecule has 1 aromatic carbocycles. The predicted molar refractivity (Wildman–Crippen MR) is 77.2 cm³/mol. The molecular formula is C15H16N2O4. The average molecular weight is 288 g/mol. The van der Waals surface area contributed by atoms with Gasteiger partial charge in [-0.1, -0.05) is 0 Å². The molecule has 0 saturated carbocycles. The van der Waals surface area contributed by atoms with Crippen LogP contribution in [0.2, 0.25) is 0 Å². The van der Waals surface area contributed by atoms with E-state index in [1.165, 1.54) is 12.1 Å². The van der Waals surface area contributed by atoms with Crippen LogP contribution >= 0.6 is 0 Å². The van der Waals surface area contributed by atoms with Crippen LogP contribution in [0.3, 0.4) is 0 Å². The van der Waals surface area contributed by atoms with Gasteiger partial charge in [0.15, 0.2) is 0 Å². The van der Waals surface area contributed by atoms with E-state index in [9.17, 15) is 9.90 Å². The van der Waals surface area contributed by atoms with Gasteiger partial charge >= 0.3 is 0 Å². The summed E-state index contributed by atoms with van der Waals surface area (Å²) in [6.07, 6.45) is 0. The first-order valence-electron chi connectivity index (χ1n) is 6.35. The topological polar surface area (TPSA) is 91.7 Å². The second-order valence-corrected chi connectivity index (χ2v) is 4.66. The van der Waals surface area contributed by atoms with Crippen molar-refractivity contribution in [1.29, 1.82) is 0 Å². The lowest BCUT2D eigenvalue weighted by Gasteiger charge is -2.10. The third-order valence-corrected chi connectivity index (χ3v) is 3.03. The Morgan fingerprint density at radius 1 is 1.29 bits per heavy atom. The van der Waals surface area contributed by atoms with Crippen LogP contribution in [0.5, 0.6) is 5.75 Å². The predicted octanol–water partition coefficient (Wildman–Crippen LogP) is 2.65. The number of carbonyl (C=O) groups excluding carboxylic acids is 1. The molecule has 3 N–H and O–H groups in total. The highest BCUT2D eigenvalue weighted by Crippen LogP contribution is 2.22. The van der Waals surface area contributed by atoms with E-state index < -0.39 is 0 Å². The van der Waals surface area contributed by atoms with Gasteiger partial charge in [0.05, 0.1) is 11.3 Å². The molecule has 6 heteroatoms. The van der Waals surface area contributed by atoms with Crippen LogP contribution in [0.1, 0.15) is 27.3 Å². The minimum absolute atomic E-state index is 0.0183. The maximum Gasteiger partial charge on any atom is 0.257 e. The van der Waals surface area contributed by atoms with E-state index in [2.05, 4.69) is 15.2 Å². The number of hydrogen-bond acceptors (Lipinski definition) is 5. The Balaban J connectivity index is 2.21. The molecule has 1 aromatic heterocycles. The Labute approximate surface area is 122 Å². The minimum atomic E-state index is -0.290. The molecule has 0 aliphatic rings. The second kappa shape index (κ2) is 6.34. The summed E-state index contributed by atoms with van der Waals surface area (Å²) in [5.41, 5.74) is 2.83. The molecule has 2 rings (SSSR count). The van der Waals surface area contributed by atoms with Gasteiger partial charge in [-0.3, -0.25) is 15.0 Å². The molecule has 110 valence electrons. The van der Waals surface area contributed by atoms with Crippen LogP contribution in [0, 0.1) is 13.8 Å². The summed E-state index contributed by atoms with van der Waals surface area (Å²) in [7, 11) is 0. The maximum atomic E-state index is 12.2. The minimum Gasteiger partial charge on any atom is -0.508 e. The van der Waals surface area contributed by atoms with Gasteiger partial charge in [0.2, 0.25) is 0 Å². The zero-order valence-corrected chi connectivity index (χ0v) is 11.8. The molecule has 1 heterocycles. The van der Waals surface area contributed by atoms with Crippen molar-refractivity contribution >= 4 is 11.6 Å². The summed E-state index contributed by atoms with van der Waals surface area (Å²) in [5, 5.41) is 20.7. The molecule has 21 heavy (non-hydrogen) atoms. The molecule has 2 aromatic rings. The van der Waals surface area contributed by atoms with E-state index >= 15 is 0 Å². The van der Waals surface area contributed by atoms with Gasteiger partial charge in [0, 0.05) is 16.9 Å². The van der Waals surface area contributed by atoms with Crippen molar-refractivity contribution in [2.75, 3.05) is 5.32 Å². The zero-order valence-electron chi connectivity index (χ0n) is 11.8. The van der Waals surface area contributed by atoms with Crippen molar-refractivity contribution in [3.63, 3.8) is 0 Å². The standard InChI is InChI=1S/C15H16N2O4/c1-9-3-5-13(10(2)16-9)15(19)17-12-4-6-14(18)11(7-12)8-21-20/h3-7,18,20H,8H2,1-2H3,(H,17,19). The Hall–Kier alpha value is -2.44. The summed E-state index contributed by atoms with van der Waals surface area (Å²) < 4.78 is 0. The zero-order chi connectivity index (χ0) is 15.4. The van der Waals surface area contributed by atoms with Crippen molar-refractivity contribution in [3.05, 3.63) is 52.8 Å². The average Bonchev–Trinajstić information content (AvgIpc) is 2.42. The largest absolute Gasteiger partial charge is 0.508 e. The number of phenolic OH excluding ortho intramolecular Hbond substituents is 1. The monoisotopic (exact) mass is 288 g/mol. The normalized spacial score (nSPS) is 10.4.